The average Bonchev–Trinajstić information content (AvgIpc) is 1.53. The summed E-state index contributed by atoms with van der Waals surface area (Å²) in [6.45, 7) is 7.95. The van der Waals surface area contributed by atoms with Crippen LogP contribution in [-0.4, -0.2) is 44.8 Å². The van der Waals surface area contributed by atoms with Crippen LogP contribution in [0.4, 0.5) is 0 Å². The van der Waals surface area contributed by atoms with Crippen LogP contribution >= 0.6 is 22.7 Å². The van der Waals surface area contributed by atoms with Gasteiger partial charge in [0.05, 0.1) is 60.1 Å². The molecule has 0 aliphatic carbocycles. The normalized spacial score (nSPS) is 12.0. The van der Waals surface area contributed by atoms with Crippen molar-refractivity contribution in [2.45, 2.75) is 54.4 Å². The van der Waals surface area contributed by atoms with Crippen molar-refractivity contribution in [3.05, 3.63) is 538 Å². The van der Waals surface area contributed by atoms with Crippen LogP contribution in [-0.2, 0) is 91.3 Å². The summed E-state index contributed by atoms with van der Waals surface area (Å²) in [5.41, 5.74) is 28.7. The molecule has 0 saturated heterocycles. The number of fused-ring (bicyclic) bond motifs is 23. The van der Waals surface area contributed by atoms with Crippen molar-refractivity contribution in [1.29, 1.82) is 0 Å². The van der Waals surface area contributed by atoms with Crippen LogP contribution in [0.25, 0.3) is 186 Å². The van der Waals surface area contributed by atoms with Gasteiger partial charge in [-0.05, 0) is 156 Å². The van der Waals surface area contributed by atoms with Crippen molar-refractivity contribution in [2.24, 2.45) is 0 Å². The Kier molecular flexibility index (Phi) is 30.3. The van der Waals surface area contributed by atoms with Crippen LogP contribution in [0.5, 0.6) is 0 Å². The van der Waals surface area contributed by atoms with Gasteiger partial charge in [0, 0.05) is 191 Å². The summed E-state index contributed by atoms with van der Waals surface area (Å²) in [6.07, 6.45) is 12.3. The topological polar surface area (TPSA) is 127 Å². The summed E-state index contributed by atoms with van der Waals surface area (Å²) < 4.78 is 73.2. The molecule has 0 bridgehead atoms. The monoisotopic (exact) mass is 2520 g/mol. The van der Waals surface area contributed by atoms with Crippen molar-refractivity contribution < 1.29 is 98.1 Å². The van der Waals surface area contributed by atoms with Crippen LogP contribution in [0.2, 0.25) is 0 Å². The molecule has 15 aromatic carbocycles. The second-order valence-corrected chi connectivity index (χ2v) is 37.3. The number of hydrogen-bond acceptors (Lipinski definition) is 9. The van der Waals surface area contributed by atoms with E-state index in [2.05, 4.69) is 316 Å². The molecule has 4 aliphatic rings. The zero-order valence-corrected chi connectivity index (χ0v) is 89.8. The van der Waals surface area contributed by atoms with Crippen LogP contribution in [0.1, 0.15) is 58.8 Å². The molecule has 26 aromatic rings. The number of para-hydroxylation sites is 6. The van der Waals surface area contributed by atoms with E-state index in [1.807, 2.05) is 194 Å². The van der Waals surface area contributed by atoms with Gasteiger partial charge in [0.25, 0.3) is 5.65 Å². The molecular formula is C132H101Ir3N11O2S2. The van der Waals surface area contributed by atoms with Gasteiger partial charge in [-0.2, -0.15) is 29.4 Å². The van der Waals surface area contributed by atoms with Gasteiger partial charge in [-0.1, -0.05) is 225 Å². The second kappa shape index (κ2) is 48.1. The molecule has 0 saturated carbocycles. The summed E-state index contributed by atoms with van der Waals surface area (Å²) >= 11 is 3.73. The van der Waals surface area contributed by atoms with Gasteiger partial charge in [0.1, 0.15) is 12.1 Å². The predicted molar refractivity (Wildman–Crippen MR) is 601 cm³/mol. The number of ketones is 1. The fraction of sp³-hybridized carbons (Fsp3) is 0.0606. The number of imidazole rings is 2. The molecule has 150 heavy (non-hydrogen) atoms. The first kappa shape index (κ1) is 94.6. The number of aliphatic hydroxyl groups excluding tert-OH is 1. The first-order chi connectivity index (χ1) is 74.9. The van der Waals surface area contributed by atoms with Gasteiger partial charge in [0.15, 0.2) is 55.0 Å². The Morgan fingerprint density at radius 3 is 1.67 bits per heavy atom. The SMILES string of the molecule is C.CC(=O)C=C(C)O.Cc1ccnc(-c2[c-]cccc2)n1.[2H]c1c[n+]2c(c([2H])c1[2H])-c1c([2H])c([2H])c([2H])c([2H])c1C2.[Ir].[Ir].[Ir].[c-]1ccc2c(sc3ccccc32)c1-c1ccccn1.[c-]1ccccc1-c1ccccn1.[c-]1ccccc1-c1nc2ccccc2n1-c1ccccc1.c1cc2c3c(c1)c1ccccc1n1c4ccccc4[n+](c31)C2.c1cc[n+]2c(c1)-c1c(ccc3c1sc1ccccc13)C2.c1ccc(-c2ccc3c(c2)-c2cccc[n+]2C3)cc1. The Hall–Kier alpha value is -16.3. The third kappa shape index (κ3) is 22.1. The first-order valence-corrected chi connectivity index (χ1v) is 49.8. The molecule has 1 N–H and O–H groups in total. The number of aliphatic hydroxyl groups is 1. The van der Waals surface area contributed by atoms with E-state index in [0.717, 1.165) is 87.3 Å². The molecule has 15 heterocycles. The van der Waals surface area contributed by atoms with E-state index in [1.54, 1.807) is 17.0 Å². The number of pyridine rings is 6. The molecule has 4 aliphatic heterocycles. The number of aromatic nitrogens is 11. The maximum atomic E-state index is 10.0. The predicted octanol–water partition coefficient (Wildman–Crippen LogP) is 30.0. The molecular weight excluding hydrogens is 2410 g/mol. The van der Waals surface area contributed by atoms with Crippen molar-refractivity contribution in [2.75, 3.05) is 0 Å². The molecule has 0 unspecified atom stereocenters. The molecule has 0 amide bonds. The Bertz CT molecular complexity index is 9710. The molecule has 13 nitrogen and oxygen atoms in total. The van der Waals surface area contributed by atoms with Crippen LogP contribution in [0.15, 0.2) is 486 Å². The summed E-state index contributed by atoms with van der Waals surface area (Å²) in [4.78, 5) is 31.9. The average molecular weight is 2520 g/mol. The third-order valence-corrected chi connectivity index (χ3v) is 28.1. The molecule has 0 fully saturated rings. The van der Waals surface area contributed by atoms with E-state index in [-0.39, 0.29) is 139 Å². The number of carbonyl (C=O) groups is 1. The van der Waals surface area contributed by atoms with Crippen molar-refractivity contribution in [3.8, 4) is 95.9 Å². The van der Waals surface area contributed by atoms with E-state index >= 15 is 0 Å². The summed E-state index contributed by atoms with van der Waals surface area (Å²) in [6, 6.07) is 147. The van der Waals surface area contributed by atoms with Crippen molar-refractivity contribution in [3.63, 3.8) is 0 Å². The van der Waals surface area contributed by atoms with Crippen molar-refractivity contribution >= 4 is 118 Å². The summed E-state index contributed by atoms with van der Waals surface area (Å²) in [5, 5.41) is 17.9. The Balaban J connectivity index is 0.000000115. The Morgan fingerprint density at radius 1 is 0.407 bits per heavy atom. The molecule has 3 radical (unpaired) electrons. The van der Waals surface area contributed by atoms with E-state index < -0.39 is 0 Å². The number of hydrogen-bond donors (Lipinski definition) is 1. The van der Waals surface area contributed by atoms with E-state index in [4.69, 9.17) is 19.7 Å². The van der Waals surface area contributed by atoms with E-state index in [1.165, 1.54) is 155 Å². The number of nitrogens with zero attached hydrogens (tertiary/aromatic N) is 11. The first-order valence-electron chi connectivity index (χ1n) is 51.6. The zero-order chi connectivity index (χ0) is 105. The molecule has 0 atom stereocenters. The summed E-state index contributed by atoms with van der Waals surface area (Å²) in [7, 11) is 0. The van der Waals surface area contributed by atoms with Crippen LogP contribution < -0.4 is 18.3 Å². The fourth-order valence-corrected chi connectivity index (χ4v) is 21.7. The molecule has 735 valence electrons. The third-order valence-electron chi connectivity index (χ3n) is 25.6. The van der Waals surface area contributed by atoms with Gasteiger partial charge in [-0.15, -0.1) is 143 Å². The Labute approximate surface area is 930 Å². The van der Waals surface area contributed by atoms with Crippen molar-refractivity contribution in [1.82, 2.24) is 33.9 Å². The van der Waals surface area contributed by atoms with Gasteiger partial charge in [-0.3, -0.25) is 19.7 Å². The van der Waals surface area contributed by atoms with Gasteiger partial charge >= 0.3 is 0 Å². The Morgan fingerprint density at radius 2 is 0.980 bits per heavy atom. The largest absolute Gasteiger partial charge is 0.512 e. The smallest absolute Gasteiger partial charge is 0.296 e. The maximum absolute atomic E-state index is 10.0. The fourth-order valence-electron chi connectivity index (χ4n) is 19.2. The van der Waals surface area contributed by atoms with E-state index in [9.17, 15) is 4.79 Å². The number of aryl methyl sites for hydroxylation is 1. The van der Waals surface area contributed by atoms with Crippen LogP contribution in [0.3, 0.4) is 0 Å². The second-order valence-electron chi connectivity index (χ2n) is 35.1. The van der Waals surface area contributed by atoms with Gasteiger partial charge in [-0.25, -0.2) is 4.57 Å². The molecule has 18 heteroatoms. The standard InChI is InChI=1S/C20H13N2.C19H13N2.C18H12NS.C18H14N.C17H10NS.C12H10N.C11H9N2.C11H8N.C5H8O2.CH4.3Ir/c1-2-9-16-14(7-1)15-8-5-6-13-12-21-17-10-3-4-11-18(17)22(16)20(21)19(13)15;1-3-9-15(10-4-1)19-20-17-13-7-8-14-18(17)21(19)16-11-5-2-6-12-16;1-2-7-16-13(5-1)14-9-8-12-11-19-10-4-3-6-15(19)17(12)18(14)20-16;1-2-6-14(7-3-1)15-9-10-16-13-19-11-5-4-8-18(19)17(16)12-15;1-2-10-16-12(6-1)13-7-5-8-14(17(13)19-16)15-9-3-4-11-18-15;1-2-6-11-10(5-1)9-13-8-4-3-7-12(11)13;1-9-7-8-12-11(13-9)10-5-3-2-4-6-10;1-2-6-10(7-3-1)11-8-4-5-9-12-11;1-4(6)3-5(2)7;;;;/h1-11H,12H2;1-9,11-14H;1-10H,11H2;1-12H,13H2;1-7,9-11H;1-8H,9H2;2-5,7-8H,1H3;1-6,8-9H;3,6H,1-2H3;1H4;;;/q+1;-1;2*+1;-1;+1;2*-1;;;;;/i;;;;;1D,2D,3D,4D,5D,6D,7D;;;;;;;. The zero-order valence-electron chi connectivity index (χ0n) is 88.0. The molecule has 11 aromatic heterocycles. The minimum Gasteiger partial charge on any atom is -0.512 e. The number of benzene rings is 15. The quantitative estimate of drug-likeness (QED) is 0.0553. The number of rotatable bonds is 7. The van der Waals surface area contributed by atoms with Gasteiger partial charge < -0.3 is 19.6 Å². The molecule has 0 spiro atoms. The number of allylic oxidation sites excluding steroid dienone is 2. The van der Waals surface area contributed by atoms with Gasteiger partial charge in [0.2, 0.25) is 17.1 Å². The minimum absolute atomic E-state index is 0. The van der Waals surface area contributed by atoms with Crippen LogP contribution in [0, 0.1) is 31.2 Å². The number of carbonyl (C=O) groups excluding carboxylic acids is 1. The van der Waals surface area contributed by atoms with E-state index in [0.29, 0.717) is 5.56 Å². The number of thiophene rings is 2. The molecule has 30 rings (SSSR count). The minimum atomic E-state index is -0.344. The maximum Gasteiger partial charge on any atom is 0.296 e. The summed E-state index contributed by atoms with van der Waals surface area (Å²) in [5.74, 6) is 1.59.